The Kier molecular flexibility index (Phi) is 16.1. The van der Waals surface area contributed by atoms with Gasteiger partial charge in [0.25, 0.3) is 11.5 Å². The molecule has 0 radical (unpaired) electrons. The Morgan fingerprint density at radius 2 is 1.83 bits per heavy atom. The Morgan fingerprint density at radius 3 is 2.49 bits per heavy atom. The first-order valence-corrected chi connectivity index (χ1v) is 14.7. The monoisotopic (exact) mass is 770 g/mol. The molecule has 0 saturated carbocycles. The topological polar surface area (TPSA) is 241 Å². The summed E-state index contributed by atoms with van der Waals surface area (Å²) in [5.41, 5.74) is 13.6. The van der Waals surface area contributed by atoms with Crippen LogP contribution in [0, 0.1) is 7.43 Å². The van der Waals surface area contributed by atoms with Gasteiger partial charge in [-0.2, -0.15) is 4.98 Å². The predicted octanol–water partition coefficient (Wildman–Crippen LogP) is 0.766. The maximum Gasteiger partial charge on any atom is 0.326 e. The minimum Gasteiger partial charge on any atom is -0.676 e. The quantitative estimate of drug-likeness (QED) is 0.0892. The van der Waals surface area contributed by atoms with Gasteiger partial charge in [0.05, 0.1) is 18.4 Å². The summed E-state index contributed by atoms with van der Waals surface area (Å²) in [6.45, 7) is 1.88. The molecule has 2 aromatic heterocycles. The molecule has 0 unspecified atom stereocenters. The van der Waals surface area contributed by atoms with Crippen molar-refractivity contribution in [2.75, 3.05) is 37.2 Å². The Bertz CT molecular complexity index is 1340. The zero-order valence-electron chi connectivity index (χ0n) is 22.1. The molecule has 41 heavy (non-hydrogen) atoms. The van der Waals surface area contributed by atoms with E-state index in [1.165, 1.54) is 18.3 Å². The van der Waals surface area contributed by atoms with Gasteiger partial charge >= 0.3 is 34.2 Å². The van der Waals surface area contributed by atoms with Crippen LogP contribution in [0.1, 0.15) is 28.9 Å². The number of nitrogens with one attached hydrogen (secondary N) is 6. The van der Waals surface area contributed by atoms with Gasteiger partial charge in [-0.1, -0.05) is 0 Å². The Labute approximate surface area is 251 Å². The summed E-state index contributed by atoms with van der Waals surface area (Å²) < 4.78 is 0. The Balaban J connectivity index is 0.00000274. The summed E-state index contributed by atoms with van der Waals surface area (Å²) in [5.74, 6) is -2.20. The number of rotatable bonds is 14. The number of carboxylic acid groups (broad SMARTS) is 1. The van der Waals surface area contributed by atoms with E-state index in [1.807, 2.05) is 0 Å². The SMILES string of the molecule is [CH3-].[Cl][Pt].[NH-]CCNCCNC(=O)CC[C@H](NC(=O)c1ccc(NCc2cnc3nc(N)[nH]c(=O)c3n2)cc1)C(=O)O. The molecular formula is C24H32ClN10O5Pt-2. The largest absolute Gasteiger partial charge is 0.676 e. The van der Waals surface area contributed by atoms with Gasteiger partial charge in [0.15, 0.2) is 11.2 Å². The van der Waals surface area contributed by atoms with Crippen LogP contribution in [0.3, 0.4) is 0 Å². The molecule has 0 saturated heterocycles. The summed E-state index contributed by atoms with van der Waals surface area (Å²) in [7, 11) is 4.61. The van der Waals surface area contributed by atoms with Gasteiger partial charge in [-0.05, 0) is 37.2 Å². The van der Waals surface area contributed by atoms with Crippen LogP contribution in [-0.4, -0.2) is 75.0 Å². The fraction of sp³-hybridized carbons (Fsp3) is 0.333. The molecule has 1 atom stereocenters. The third kappa shape index (κ3) is 11.8. The second-order valence-corrected chi connectivity index (χ2v) is 8.17. The zero-order valence-corrected chi connectivity index (χ0v) is 25.1. The Morgan fingerprint density at radius 1 is 1.12 bits per heavy atom. The number of anilines is 2. The van der Waals surface area contributed by atoms with Gasteiger partial charge in [0.1, 0.15) is 6.04 Å². The van der Waals surface area contributed by atoms with Crippen LogP contribution in [0.25, 0.3) is 16.9 Å². The maximum absolute atomic E-state index is 12.6. The van der Waals surface area contributed by atoms with Crippen LogP contribution >= 0.6 is 9.42 Å². The number of nitrogens with two attached hydrogens (primary N) is 1. The first-order chi connectivity index (χ1) is 19.3. The number of aromatic amines is 1. The minimum atomic E-state index is -1.24. The molecule has 0 fully saturated rings. The summed E-state index contributed by atoms with van der Waals surface area (Å²) in [6, 6.07) is 5.09. The van der Waals surface area contributed by atoms with Crippen LogP contribution in [0.15, 0.2) is 35.3 Å². The second kappa shape index (κ2) is 18.6. The molecule has 0 aliphatic heterocycles. The van der Waals surface area contributed by atoms with Crippen molar-refractivity contribution < 1.29 is 38.3 Å². The number of hydrogen-bond donors (Lipinski definition) is 7. The number of halogens is 1. The van der Waals surface area contributed by atoms with Crippen LogP contribution < -0.4 is 32.6 Å². The number of H-pyrrole nitrogens is 1. The minimum absolute atomic E-state index is 0. The van der Waals surface area contributed by atoms with Crippen LogP contribution in [-0.2, 0) is 34.9 Å². The van der Waals surface area contributed by atoms with E-state index in [1.54, 1.807) is 30.9 Å². The summed E-state index contributed by atoms with van der Waals surface area (Å²) in [6.07, 6.45) is 1.34. The first-order valence-electron chi connectivity index (χ1n) is 11.9. The normalized spacial score (nSPS) is 10.9. The average molecular weight is 771 g/mol. The average Bonchev–Trinajstić information content (AvgIpc) is 2.95. The standard InChI is InChI=1S/C23H29N10O5.CH3.ClH.Pt/c24-7-8-26-9-10-27-17(34)6-5-16(22(37)38)31-20(35)13-1-3-14(4-2-13)28-11-15-12-29-19-18(30-15)21(36)33-23(25)32-19;;;/h1-4,12,16,24,26,28H,5-11H2,(H,27,34)(H,31,35)(H,37,38)(H3,25,29,32,33,36);1H3;1H;/q2*-1;;+1/p-1/t16-;;;/m0.../s1. The molecule has 17 heteroatoms. The molecule has 2 amide bonds. The van der Waals surface area contributed by atoms with E-state index >= 15 is 0 Å². The molecule has 1 aromatic carbocycles. The van der Waals surface area contributed by atoms with E-state index in [4.69, 9.17) is 11.5 Å². The number of carbonyl (C=O) groups is 3. The van der Waals surface area contributed by atoms with Gasteiger partial charge in [-0.3, -0.25) is 19.4 Å². The molecule has 2 heterocycles. The van der Waals surface area contributed by atoms with Crippen molar-refractivity contribution in [3.05, 3.63) is 65.2 Å². The van der Waals surface area contributed by atoms with Gasteiger partial charge < -0.3 is 45.3 Å². The second-order valence-electron chi connectivity index (χ2n) is 8.17. The van der Waals surface area contributed by atoms with E-state index in [0.717, 1.165) is 0 Å². The van der Waals surface area contributed by atoms with E-state index in [9.17, 15) is 24.3 Å². The number of carboxylic acids is 1. The molecule has 0 aliphatic rings. The molecule has 227 valence electrons. The fourth-order valence-electron chi connectivity index (χ4n) is 3.35. The van der Waals surface area contributed by atoms with Crippen molar-refractivity contribution in [2.45, 2.75) is 25.4 Å². The number of aromatic nitrogens is 4. The molecule has 3 rings (SSSR count). The number of aliphatic carboxylic acids is 1. The first kappa shape index (κ1) is 35.4. The smallest absolute Gasteiger partial charge is 0.326 e. The molecule has 0 spiro atoms. The van der Waals surface area contributed by atoms with Crippen molar-refractivity contribution >= 4 is 50.0 Å². The summed E-state index contributed by atoms with van der Waals surface area (Å²) in [5, 5.41) is 20.6. The maximum atomic E-state index is 12.6. The van der Waals surface area contributed by atoms with Crippen molar-refractivity contribution in [1.29, 1.82) is 0 Å². The van der Waals surface area contributed by atoms with Crippen molar-refractivity contribution in [2.24, 2.45) is 0 Å². The fourth-order valence-corrected chi connectivity index (χ4v) is 3.35. The van der Waals surface area contributed by atoms with Gasteiger partial charge in [0, 0.05) is 30.8 Å². The van der Waals surface area contributed by atoms with Crippen molar-refractivity contribution in [1.82, 2.24) is 35.9 Å². The number of benzene rings is 1. The van der Waals surface area contributed by atoms with Gasteiger partial charge in [0.2, 0.25) is 11.9 Å². The number of amides is 2. The summed E-state index contributed by atoms with van der Waals surface area (Å²) >= 11 is 1.61. The predicted molar refractivity (Wildman–Crippen MR) is 152 cm³/mol. The Hall–Kier alpha value is -3.65. The molecule has 0 aliphatic carbocycles. The van der Waals surface area contributed by atoms with E-state index in [2.05, 4.69) is 50.6 Å². The third-order valence-electron chi connectivity index (χ3n) is 5.30. The van der Waals surface area contributed by atoms with Crippen molar-refractivity contribution in [3.63, 3.8) is 0 Å². The number of nitrogens with zero attached hydrogens (tertiary/aromatic N) is 3. The molecular weight excluding hydrogens is 739 g/mol. The molecule has 15 nitrogen and oxygen atoms in total. The molecule has 9 N–H and O–H groups in total. The van der Waals surface area contributed by atoms with Crippen LogP contribution in [0.2, 0.25) is 0 Å². The molecule has 0 bridgehead atoms. The summed E-state index contributed by atoms with van der Waals surface area (Å²) in [4.78, 5) is 62.7. The number of fused-ring (bicyclic) bond motifs is 1. The number of hydrogen-bond acceptors (Lipinski definition) is 10. The van der Waals surface area contributed by atoms with Crippen LogP contribution in [0.4, 0.5) is 11.6 Å². The van der Waals surface area contributed by atoms with Crippen molar-refractivity contribution in [3.8, 4) is 0 Å². The zero-order chi connectivity index (χ0) is 29.5. The van der Waals surface area contributed by atoms with E-state index in [0.29, 0.717) is 31.0 Å². The van der Waals surface area contributed by atoms with E-state index < -0.39 is 23.5 Å². The van der Waals surface area contributed by atoms with Gasteiger partial charge in [-0.25, -0.2) is 14.8 Å². The number of carbonyl (C=O) groups excluding carboxylic acids is 2. The van der Waals surface area contributed by atoms with Gasteiger partial charge in [-0.15, -0.1) is 6.54 Å². The third-order valence-corrected chi connectivity index (χ3v) is 5.30. The molecule has 3 aromatic rings. The van der Waals surface area contributed by atoms with E-state index in [-0.39, 0.29) is 61.9 Å². The number of nitrogen functional groups attached to an aromatic ring is 1. The van der Waals surface area contributed by atoms with Crippen LogP contribution in [0.5, 0.6) is 0 Å².